The predicted molar refractivity (Wildman–Crippen MR) is 99.9 cm³/mol. The highest BCUT2D eigenvalue weighted by molar-refractivity contribution is 5.95. The molecule has 0 radical (unpaired) electrons. The van der Waals surface area contributed by atoms with Gasteiger partial charge in [0.05, 0.1) is 5.56 Å². The summed E-state index contributed by atoms with van der Waals surface area (Å²) in [5.41, 5.74) is 2.71. The van der Waals surface area contributed by atoms with E-state index in [0.717, 1.165) is 56.0 Å². The Kier molecular flexibility index (Phi) is 6.04. The summed E-state index contributed by atoms with van der Waals surface area (Å²) in [5, 5.41) is 0. The Morgan fingerprint density at radius 1 is 1.27 bits per heavy atom. The van der Waals surface area contributed by atoms with Gasteiger partial charge in [0, 0.05) is 50.5 Å². The highest BCUT2D eigenvalue weighted by Gasteiger charge is 2.24. The molecule has 1 saturated heterocycles. The lowest BCUT2D eigenvalue weighted by molar-refractivity contribution is 0.0683. The van der Waals surface area contributed by atoms with Gasteiger partial charge in [0.1, 0.15) is 12.4 Å². The number of likely N-dealkylation sites (tertiary alicyclic amines) is 1. The molecule has 0 N–H and O–H groups in total. The molecule has 1 aliphatic rings. The zero-order chi connectivity index (χ0) is 18.5. The molecule has 3 heterocycles. The van der Waals surface area contributed by atoms with Crippen molar-refractivity contribution in [2.24, 2.45) is 5.92 Å². The van der Waals surface area contributed by atoms with Gasteiger partial charge < -0.3 is 14.2 Å². The Balaban J connectivity index is 1.52. The second-order valence-electron chi connectivity index (χ2n) is 7.06. The van der Waals surface area contributed by atoms with Crippen LogP contribution in [0.4, 0.5) is 0 Å². The fourth-order valence-electron chi connectivity index (χ4n) is 3.68. The molecule has 1 amide bonds. The second kappa shape index (κ2) is 8.45. The molecule has 2 aromatic rings. The molecule has 3 rings (SSSR count). The number of carbonyl (C=O) groups is 1. The summed E-state index contributed by atoms with van der Waals surface area (Å²) in [4.78, 5) is 23.3. The minimum atomic E-state index is 0.113. The van der Waals surface area contributed by atoms with Crippen molar-refractivity contribution in [2.45, 2.75) is 46.3 Å². The van der Waals surface area contributed by atoms with Crippen LogP contribution in [0.25, 0.3) is 0 Å². The quantitative estimate of drug-likeness (QED) is 0.798. The Morgan fingerprint density at radius 3 is 2.73 bits per heavy atom. The van der Waals surface area contributed by atoms with Crippen molar-refractivity contribution in [3.8, 4) is 0 Å². The fraction of sp³-hybridized carbons (Fsp3) is 0.550. The van der Waals surface area contributed by atoms with E-state index in [1.54, 1.807) is 13.3 Å². The van der Waals surface area contributed by atoms with Gasteiger partial charge in [-0.15, -0.1) is 0 Å². The summed E-state index contributed by atoms with van der Waals surface area (Å²) in [6.07, 6.45) is 6.86. The molecule has 26 heavy (non-hydrogen) atoms. The average molecular weight is 356 g/mol. The van der Waals surface area contributed by atoms with Crippen molar-refractivity contribution in [3.05, 3.63) is 47.3 Å². The van der Waals surface area contributed by atoms with E-state index in [4.69, 9.17) is 4.74 Å². The third-order valence-electron chi connectivity index (χ3n) is 5.31. The van der Waals surface area contributed by atoms with Crippen molar-refractivity contribution < 1.29 is 9.53 Å². The van der Waals surface area contributed by atoms with Crippen LogP contribution in [0, 0.1) is 19.8 Å². The molecular weight excluding hydrogens is 328 g/mol. The summed E-state index contributed by atoms with van der Waals surface area (Å²) < 4.78 is 7.48. The summed E-state index contributed by atoms with van der Waals surface area (Å²) in [7, 11) is 1.70. The zero-order valence-electron chi connectivity index (χ0n) is 15.9. The number of aromatic nitrogens is 3. The number of pyridine rings is 1. The number of hydrogen-bond donors (Lipinski definition) is 0. The maximum Gasteiger partial charge on any atom is 0.255 e. The minimum absolute atomic E-state index is 0.113. The minimum Gasteiger partial charge on any atom is -0.377 e. The Hall–Kier alpha value is -2.21. The largest absolute Gasteiger partial charge is 0.377 e. The van der Waals surface area contributed by atoms with Crippen molar-refractivity contribution in [1.82, 2.24) is 19.4 Å². The monoisotopic (exact) mass is 356 g/mol. The number of amides is 1. The van der Waals surface area contributed by atoms with Gasteiger partial charge in [-0.3, -0.25) is 9.78 Å². The number of imidazole rings is 1. The first-order valence-corrected chi connectivity index (χ1v) is 9.31. The highest BCUT2D eigenvalue weighted by Crippen LogP contribution is 2.23. The van der Waals surface area contributed by atoms with Crippen LogP contribution in [0.5, 0.6) is 0 Å². The van der Waals surface area contributed by atoms with E-state index in [9.17, 15) is 4.79 Å². The van der Waals surface area contributed by atoms with Gasteiger partial charge in [0.15, 0.2) is 0 Å². The van der Waals surface area contributed by atoms with E-state index in [-0.39, 0.29) is 5.91 Å². The first-order chi connectivity index (χ1) is 12.6. The molecule has 1 fully saturated rings. The highest BCUT2D eigenvalue weighted by atomic mass is 16.5. The van der Waals surface area contributed by atoms with Crippen LogP contribution < -0.4 is 0 Å². The molecule has 0 atom stereocenters. The summed E-state index contributed by atoms with van der Waals surface area (Å²) in [6, 6.07) is 3.70. The lowest BCUT2D eigenvalue weighted by Gasteiger charge is -2.32. The van der Waals surface area contributed by atoms with Crippen LogP contribution in [0.15, 0.2) is 24.5 Å². The zero-order valence-corrected chi connectivity index (χ0v) is 15.9. The summed E-state index contributed by atoms with van der Waals surface area (Å²) >= 11 is 0. The fourth-order valence-corrected chi connectivity index (χ4v) is 3.68. The molecule has 140 valence electrons. The third kappa shape index (κ3) is 4.12. The molecule has 0 unspecified atom stereocenters. The number of nitrogens with zero attached hydrogens (tertiary/aromatic N) is 4. The molecule has 0 bridgehead atoms. The molecule has 0 saturated carbocycles. The van der Waals surface area contributed by atoms with Crippen molar-refractivity contribution in [2.75, 3.05) is 20.2 Å². The number of rotatable bonds is 6. The number of methoxy groups -OCH3 is 1. The molecular formula is C20H28N4O2. The van der Waals surface area contributed by atoms with Crippen LogP contribution in [-0.4, -0.2) is 45.5 Å². The molecule has 2 aromatic heterocycles. The molecule has 6 heteroatoms. The topological polar surface area (TPSA) is 60.2 Å². The molecule has 6 nitrogen and oxygen atoms in total. The van der Waals surface area contributed by atoms with Crippen molar-refractivity contribution in [1.29, 1.82) is 0 Å². The van der Waals surface area contributed by atoms with Crippen LogP contribution in [-0.2, 0) is 17.9 Å². The number of carbonyl (C=O) groups excluding carboxylic acids is 1. The van der Waals surface area contributed by atoms with Gasteiger partial charge in [-0.2, -0.15) is 0 Å². The molecule has 0 aliphatic carbocycles. The van der Waals surface area contributed by atoms with Gasteiger partial charge in [0.2, 0.25) is 0 Å². The van der Waals surface area contributed by atoms with Gasteiger partial charge in [0.25, 0.3) is 5.91 Å². The maximum absolute atomic E-state index is 12.7. The number of ether oxygens (including phenoxy) is 1. The van der Waals surface area contributed by atoms with Gasteiger partial charge in [-0.05, 0) is 51.2 Å². The Labute approximate surface area is 155 Å². The summed E-state index contributed by atoms with van der Waals surface area (Å²) in [6.45, 7) is 7.14. The average Bonchev–Trinajstić information content (AvgIpc) is 3.00. The first kappa shape index (κ1) is 18.6. The van der Waals surface area contributed by atoms with Crippen LogP contribution in [0.3, 0.4) is 0 Å². The maximum atomic E-state index is 12.7. The second-order valence-corrected chi connectivity index (χ2v) is 7.06. The van der Waals surface area contributed by atoms with Crippen LogP contribution in [0.1, 0.15) is 46.8 Å². The third-order valence-corrected chi connectivity index (χ3v) is 5.31. The normalized spacial score (nSPS) is 15.4. The van der Waals surface area contributed by atoms with Gasteiger partial charge in [-0.25, -0.2) is 4.98 Å². The standard InChI is InChI=1S/C20H28N4O2/c1-15-13-22-19(14-26-3)24(15)12-8-17-6-10-23(11-7-17)20(25)18-5-4-9-21-16(18)2/h4-5,9,13,17H,6-8,10-12,14H2,1-3H3. The van der Waals surface area contributed by atoms with E-state index in [1.807, 2.05) is 30.2 Å². The molecule has 0 spiro atoms. The lowest BCUT2D eigenvalue weighted by Crippen LogP contribution is -2.39. The smallest absolute Gasteiger partial charge is 0.255 e. The van der Waals surface area contributed by atoms with Crippen molar-refractivity contribution >= 4 is 5.91 Å². The van der Waals surface area contributed by atoms with Crippen molar-refractivity contribution in [3.63, 3.8) is 0 Å². The summed E-state index contributed by atoms with van der Waals surface area (Å²) in [5.74, 6) is 1.75. The van der Waals surface area contributed by atoms with E-state index >= 15 is 0 Å². The van der Waals surface area contributed by atoms with E-state index in [2.05, 4.69) is 21.5 Å². The van der Waals surface area contributed by atoms with Gasteiger partial charge >= 0.3 is 0 Å². The van der Waals surface area contributed by atoms with Gasteiger partial charge in [-0.1, -0.05) is 0 Å². The SMILES string of the molecule is COCc1ncc(C)n1CCC1CCN(C(=O)c2cccnc2C)CC1. The molecule has 0 aromatic carbocycles. The van der Waals surface area contributed by atoms with E-state index in [0.29, 0.717) is 12.5 Å². The van der Waals surface area contributed by atoms with E-state index in [1.165, 1.54) is 5.69 Å². The molecule has 1 aliphatic heterocycles. The number of aryl methyl sites for hydroxylation is 2. The van der Waals surface area contributed by atoms with Crippen LogP contribution in [0.2, 0.25) is 0 Å². The first-order valence-electron chi connectivity index (χ1n) is 9.31. The number of piperidine rings is 1. The van der Waals surface area contributed by atoms with Crippen LogP contribution >= 0.6 is 0 Å². The number of hydrogen-bond acceptors (Lipinski definition) is 4. The van der Waals surface area contributed by atoms with E-state index < -0.39 is 0 Å². The Bertz CT molecular complexity index is 748. The Morgan fingerprint density at radius 2 is 2.04 bits per heavy atom. The lowest BCUT2D eigenvalue weighted by atomic mass is 9.93. The predicted octanol–water partition coefficient (Wildman–Crippen LogP) is 2.98.